The van der Waals surface area contributed by atoms with Gasteiger partial charge in [0.05, 0.1) is 24.1 Å². The third kappa shape index (κ3) is 3.82. The fourth-order valence-corrected chi connectivity index (χ4v) is 6.25. The number of fused-ring (bicyclic) bond motifs is 1. The first-order valence-corrected chi connectivity index (χ1v) is 11.4. The number of carboxylic acids is 1. The zero-order chi connectivity index (χ0) is 23.2. The number of amides is 2. The summed E-state index contributed by atoms with van der Waals surface area (Å²) in [6.45, 7) is 3.94. The van der Waals surface area contributed by atoms with Gasteiger partial charge < -0.3 is 25.7 Å². The normalized spacial score (nSPS) is 30.0. The van der Waals surface area contributed by atoms with Crippen molar-refractivity contribution in [1.29, 1.82) is 0 Å². The van der Waals surface area contributed by atoms with Gasteiger partial charge in [-0.05, 0) is 25.5 Å². The van der Waals surface area contributed by atoms with Crippen LogP contribution >= 0.6 is 11.8 Å². The molecule has 9 nitrogen and oxygen atoms in total. The zero-order valence-electron chi connectivity index (χ0n) is 17.6. The number of thioether (sulfide) groups is 1. The Morgan fingerprint density at radius 1 is 1.38 bits per heavy atom. The molecule has 6 atom stereocenters. The van der Waals surface area contributed by atoms with Crippen molar-refractivity contribution in [2.45, 2.75) is 43.7 Å². The fraction of sp³-hybridized carbons (Fsp3) is 0.455. The number of β-lactam (4-membered cyclic amide) rings is 1. The van der Waals surface area contributed by atoms with Crippen LogP contribution in [0.1, 0.15) is 30.6 Å². The van der Waals surface area contributed by atoms with Crippen LogP contribution in [0, 0.1) is 11.8 Å². The molecule has 2 fully saturated rings. The van der Waals surface area contributed by atoms with Crippen molar-refractivity contribution in [1.82, 2.24) is 10.2 Å². The van der Waals surface area contributed by atoms with Crippen LogP contribution in [-0.2, 0) is 14.4 Å². The molecule has 0 aliphatic carbocycles. The van der Waals surface area contributed by atoms with E-state index in [4.69, 9.17) is 0 Å². The van der Waals surface area contributed by atoms with Gasteiger partial charge >= 0.3 is 5.97 Å². The fourth-order valence-electron chi connectivity index (χ4n) is 4.77. The van der Waals surface area contributed by atoms with E-state index in [2.05, 4.69) is 10.6 Å². The molecule has 0 bridgehead atoms. The first-order chi connectivity index (χ1) is 15.2. The van der Waals surface area contributed by atoms with Crippen LogP contribution in [-0.4, -0.2) is 69.2 Å². The number of aliphatic carboxylic acids is 1. The molecule has 0 spiro atoms. The molecule has 6 unspecified atom stereocenters. The Hall–Kier alpha value is -2.69. The molecule has 4 N–H and O–H groups in total. The highest BCUT2D eigenvalue weighted by Crippen LogP contribution is 2.51. The lowest BCUT2D eigenvalue weighted by molar-refractivity contribution is -0.163. The summed E-state index contributed by atoms with van der Waals surface area (Å²) in [6.07, 6.45) is 0.359. The van der Waals surface area contributed by atoms with Crippen LogP contribution in [0.25, 0.3) is 0 Å². The van der Waals surface area contributed by atoms with Gasteiger partial charge in [-0.25, -0.2) is 4.79 Å². The van der Waals surface area contributed by atoms with Crippen LogP contribution in [0.15, 0.2) is 34.9 Å². The van der Waals surface area contributed by atoms with Crippen LogP contribution < -0.4 is 10.6 Å². The molecule has 3 heterocycles. The maximum atomic E-state index is 12.7. The molecule has 170 valence electrons. The van der Waals surface area contributed by atoms with E-state index in [1.54, 1.807) is 31.2 Å². The summed E-state index contributed by atoms with van der Waals surface area (Å²) in [5.41, 5.74) is 0.992. The van der Waals surface area contributed by atoms with Gasteiger partial charge in [0.2, 0.25) is 11.8 Å². The smallest absolute Gasteiger partial charge is 0.353 e. The summed E-state index contributed by atoms with van der Waals surface area (Å²) in [5.74, 6) is -2.54. The van der Waals surface area contributed by atoms with E-state index in [1.807, 2.05) is 6.92 Å². The third-order valence-corrected chi connectivity index (χ3v) is 7.81. The predicted molar refractivity (Wildman–Crippen MR) is 118 cm³/mol. The minimum Gasteiger partial charge on any atom is -0.477 e. The maximum absolute atomic E-state index is 12.7. The van der Waals surface area contributed by atoms with Gasteiger partial charge in [-0.3, -0.25) is 14.4 Å². The molecule has 32 heavy (non-hydrogen) atoms. The highest BCUT2D eigenvalue weighted by atomic mass is 32.2. The van der Waals surface area contributed by atoms with E-state index in [0.29, 0.717) is 35.4 Å². The van der Waals surface area contributed by atoms with Crippen LogP contribution in [0.2, 0.25) is 0 Å². The van der Waals surface area contributed by atoms with Crippen molar-refractivity contribution in [3.63, 3.8) is 0 Å². The highest BCUT2D eigenvalue weighted by Gasteiger charge is 2.60. The van der Waals surface area contributed by atoms with Crippen LogP contribution in [0.3, 0.4) is 0 Å². The van der Waals surface area contributed by atoms with Crippen molar-refractivity contribution < 1.29 is 29.4 Å². The SMILES string of the molecule is CC(O)C1C(=O)N2C(C(=O)O)=C(SC3CNC(C(=O)Nc4cccc(C=O)c4)C3)C(C)C12. The second kappa shape index (κ2) is 8.68. The third-order valence-electron chi connectivity index (χ3n) is 6.30. The van der Waals surface area contributed by atoms with Gasteiger partial charge in [0.15, 0.2) is 0 Å². The van der Waals surface area contributed by atoms with Gasteiger partial charge in [-0.15, -0.1) is 11.8 Å². The molecule has 4 rings (SSSR count). The molecule has 0 aromatic heterocycles. The number of hydrogen-bond acceptors (Lipinski definition) is 7. The highest BCUT2D eigenvalue weighted by molar-refractivity contribution is 8.03. The van der Waals surface area contributed by atoms with E-state index < -0.39 is 24.0 Å². The van der Waals surface area contributed by atoms with E-state index >= 15 is 0 Å². The lowest BCUT2D eigenvalue weighted by atomic mass is 9.79. The number of nitrogens with zero attached hydrogens (tertiary/aromatic N) is 1. The molecule has 0 saturated carbocycles. The van der Waals surface area contributed by atoms with Crippen molar-refractivity contribution in [2.75, 3.05) is 11.9 Å². The van der Waals surface area contributed by atoms with E-state index in [0.717, 1.165) is 0 Å². The molecule has 1 aromatic rings. The van der Waals surface area contributed by atoms with Crippen molar-refractivity contribution in [3.05, 3.63) is 40.4 Å². The minimum atomic E-state index is -1.16. The lowest BCUT2D eigenvalue weighted by Crippen LogP contribution is -2.63. The maximum Gasteiger partial charge on any atom is 0.353 e. The number of aldehydes is 1. The number of rotatable bonds is 7. The molecule has 3 aliphatic rings. The zero-order valence-corrected chi connectivity index (χ0v) is 18.5. The minimum absolute atomic E-state index is 0.00650. The molecular weight excluding hydrogens is 434 g/mol. The summed E-state index contributed by atoms with van der Waals surface area (Å²) in [4.78, 5) is 49.9. The molecular formula is C22H25N3O6S. The molecule has 10 heteroatoms. The topological polar surface area (TPSA) is 136 Å². The number of carbonyl (C=O) groups excluding carboxylic acids is 3. The van der Waals surface area contributed by atoms with Crippen molar-refractivity contribution >= 4 is 41.5 Å². The van der Waals surface area contributed by atoms with E-state index in [1.165, 1.54) is 16.7 Å². The molecule has 2 amide bonds. The largest absolute Gasteiger partial charge is 0.477 e. The standard InChI is InChI=1S/C22H25N3O6S/c1-10-17-16(11(2)27)21(29)25(17)18(22(30)31)19(10)32-14-7-15(23-8-14)20(28)24-13-5-3-4-12(6-13)9-26/h3-6,9-11,14-17,23,27H,7-8H2,1-2H3,(H,24,28)(H,30,31). The van der Waals surface area contributed by atoms with E-state index in [-0.39, 0.29) is 34.7 Å². The lowest BCUT2D eigenvalue weighted by Gasteiger charge is -2.46. The number of anilines is 1. The summed E-state index contributed by atoms with van der Waals surface area (Å²) in [5, 5.41) is 25.6. The summed E-state index contributed by atoms with van der Waals surface area (Å²) < 4.78 is 0. The Balaban J connectivity index is 1.43. The summed E-state index contributed by atoms with van der Waals surface area (Å²) in [6, 6.07) is 5.82. The number of carboxylic acid groups (broad SMARTS) is 1. The predicted octanol–water partition coefficient (Wildman–Crippen LogP) is 1.05. The second-order valence-electron chi connectivity index (χ2n) is 8.44. The van der Waals surface area contributed by atoms with Crippen LogP contribution in [0.5, 0.6) is 0 Å². The second-order valence-corrected chi connectivity index (χ2v) is 9.78. The Bertz CT molecular complexity index is 1010. The van der Waals surface area contributed by atoms with Gasteiger partial charge in [0, 0.05) is 33.9 Å². The summed E-state index contributed by atoms with van der Waals surface area (Å²) in [7, 11) is 0. The van der Waals surface area contributed by atoms with Gasteiger partial charge in [-0.2, -0.15) is 0 Å². The number of nitrogens with one attached hydrogen (secondary N) is 2. The van der Waals surface area contributed by atoms with Gasteiger partial charge in [0.1, 0.15) is 12.0 Å². The Morgan fingerprint density at radius 2 is 2.12 bits per heavy atom. The number of aliphatic hydroxyl groups excluding tert-OH is 1. The Morgan fingerprint density at radius 3 is 2.78 bits per heavy atom. The number of benzene rings is 1. The van der Waals surface area contributed by atoms with Crippen molar-refractivity contribution in [2.24, 2.45) is 11.8 Å². The molecule has 1 aromatic carbocycles. The van der Waals surface area contributed by atoms with Gasteiger partial charge in [-0.1, -0.05) is 19.1 Å². The first-order valence-electron chi connectivity index (χ1n) is 10.5. The number of carbonyl (C=O) groups is 4. The number of aliphatic hydroxyl groups is 1. The monoisotopic (exact) mass is 459 g/mol. The molecule has 2 saturated heterocycles. The van der Waals surface area contributed by atoms with E-state index in [9.17, 15) is 29.4 Å². The first kappa shape index (κ1) is 22.5. The Labute approximate surface area is 189 Å². The number of hydrogen-bond donors (Lipinski definition) is 4. The Kier molecular flexibility index (Phi) is 6.11. The summed E-state index contributed by atoms with van der Waals surface area (Å²) >= 11 is 1.39. The quantitative estimate of drug-likeness (QED) is 0.351. The molecule has 3 aliphatic heterocycles. The van der Waals surface area contributed by atoms with Crippen molar-refractivity contribution in [3.8, 4) is 0 Å². The average Bonchev–Trinajstić information content (AvgIpc) is 3.30. The van der Waals surface area contributed by atoms with Crippen LogP contribution in [0.4, 0.5) is 5.69 Å². The van der Waals surface area contributed by atoms with Gasteiger partial charge in [0.25, 0.3) is 0 Å². The average molecular weight is 460 g/mol. The molecule has 0 radical (unpaired) electrons.